The number of nitrogens with zero attached hydrogens (tertiary/aromatic N) is 1. The Kier molecular flexibility index (Phi) is 6.27. The van der Waals surface area contributed by atoms with E-state index in [1.54, 1.807) is 18.2 Å². The molecule has 1 heterocycles. The first kappa shape index (κ1) is 22.3. The predicted octanol–water partition coefficient (Wildman–Crippen LogP) is 4.48. The number of carbonyl (C=O) groups excluding carboxylic acids is 3. The van der Waals surface area contributed by atoms with Crippen molar-refractivity contribution in [2.75, 3.05) is 6.61 Å². The molecule has 1 N–H and O–H groups in total. The van der Waals surface area contributed by atoms with Crippen molar-refractivity contribution in [2.45, 2.75) is 32.4 Å². The summed E-state index contributed by atoms with van der Waals surface area (Å²) in [5.74, 6) is 0.112. The minimum Gasteiger partial charge on any atom is -0.494 e. The van der Waals surface area contributed by atoms with Crippen LogP contribution in [-0.4, -0.2) is 29.2 Å². The standard InChI is InChI=1S/C27H26N2O4/c1-3-33-24-15-14-21(19(2)30)16-22(24)18-29-25(31)27(28-26(29)32,23-12-8-5-9-13-23)17-20-10-6-4-7-11-20/h4-16H,3,17-18H2,1-2H3,(H,28,32). The van der Waals surface area contributed by atoms with Crippen LogP contribution in [0.1, 0.15) is 40.9 Å². The van der Waals surface area contributed by atoms with Gasteiger partial charge in [-0.05, 0) is 43.2 Å². The summed E-state index contributed by atoms with van der Waals surface area (Å²) < 4.78 is 5.70. The van der Waals surface area contributed by atoms with Crippen molar-refractivity contribution in [3.63, 3.8) is 0 Å². The summed E-state index contributed by atoms with van der Waals surface area (Å²) >= 11 is 0. The fraction of sp³-hybridized carbons (Fsp3) is 0.222. The van der Waals surface area contributed by atoms with Crippen molar-refractivity contribution >= 4 is 17.7 Å². The first-order valence-electron chi connectivity index (χ1n) is 10.9. The molecule has 0 aromatic heterocycles. The summed E-state index contributed by atoms with van der Waals surface area (Å²) in [7, 11) is 0. The van der Waals surface area contributed by atoms with Gasteiger partial charge in [0.1, 0.15) is 5.75 Å². The highest BCUT2D eigenvalue weighted by atomic mass is 16.5. The Balaban J connectivity index is 1.73. The van der Waals surface area contributed by atoms with Crippen molar-refractivity contribution in [1.29, 1.82) is 0 Å². The van der Waals surface area contributed by atoms with Crippen molar-refractivity contribution in [2.24, 2.45) is 0 Å². The molecule has 0 radical (unpaired) electrons. The summed E-state index contributed by atoms with van der Waals surface area (Å²) in [4.78, 5) is 40.1. The summed E-state index contributed by atoms with van der Waals surface area (Å²) in [6, 6.07) is 23.5. The molecule has 33 heavy (non-hydrogen) atoms. The molecule has 168 valence electrons. The van der Waals surface area contributed by atoms with Gasteiger partial charge in [0.05, 0.1) is 13.2 Å². The minimum absolute atomic E-state index is 0.00446. The van der Waals surface area contributed by atoms with Crippen LogP contribution in [0.25, 0.3) is 0 Å². The lowest BCUT2D eigenvalue weighted by Crippen LogP contribution is -2.46. The van der Waals surface area contributed by atoms with Crippen LogP contribution in [-0.2, 0) is 23.3 Å². The van der Waals surface area contributed by atoms with Crippen LogP contribution in [0, 0.1) is 0 Å². The molecular weight excluding hydrogens is 416 g/mol. The Bertz CT molecular complexity index is 1180. The first-order chi connectivity index (χ1) is 15.9. The summed E-state index contributed by atoms with van der Waals surface area (Å²) in [5.41, 5.74) is 1.54. The molecule has 3 aromatic rings. The topological polar surface area (TPSA) is 75.7 Å². The Morgan fingerprint density at radius 2 is 1.64 bits per heavy atom. The zero-order chi connectivity index (χ0) is 23.4. The highest BCUT2D eigenvalue weighted by Gasteiger charge is 2.52. The maximum Gasteiger partial charge on any atom is 0.325 e. The molecule has 6 heteroatoms. The highest BCUT2D eigenvalue weighted by Crippen LogP contribution is 2.35. The zero-order valence-electron chi connectivity index (χ0n) is 18.7. The number of nitrogens with one attached hydrogen (secondary N) is 1. The van der Waals surface area contributed by atoms with E-state index >= 15 is 0 Å². The van der Waals surface area contributed by atoms with Crippen LogP contribution in [0.4, 0.5) is 4.79 Å². The van der Waals surface area contributed by atoms with E-state index in [0.29, 0.717) is 29.9 Å². The van der Waals surface area contributed by atoms with Gasteiger partial charge in [-0.15, -0.1) is 0 Å². The van der Waals surface area contributed by atoms with Gasteiger partial charge in [-0.3, -0.25) is 14.5 Å². The first-order valence-corrected chi connectivity index (χ1v) is 10.9. The molecule has 1 aliphatic heterocycles. The Labute approximate surface area is 193 Å². The normalized spacial score (nSPS) is 17.7. The Morgan fingerprint density at radius 1 is 0.970 bits per heavy atom. The van der Waals surface area contributed by atoms with E-state index in [4.69, 9.17) is 4.74 Å². The molecule has 1 unspecified atom stereocenters. The van der Waals surface area contributed by atoms with Crippen LogP contribution in [0.5, 0.6) is 5.75 Å². The van der Waals surface area contributed by atoms with E-state index in [0.717, 1.165) is 11.1 Å². The summed E-state index contributed by atoms with van der Waals surface area (Å²) in [6.45, 7) is 3.77. The highest BCUT2D eigenvalue weighted by molar-refractivity contribution is 6.07. The molecule has 1 saturated heterocycles. The van der Waals surface area contributed by atoms with Crippen LogP contribution in [0.2, 0.25) is 0 Å². The lowest BCUT2D eigenvalue weighted by molar-refractivity contribution is -0.132. The maximum absolute atomic E-state index is 13.9. The van der Waals surface area contributed by atoms with Gasteiger partial charge in [-0.25, -0.2) is 4.79 Å². The molecule has 3 amide bonds. The SMILES string of the molecule is CCOc1ccc(C(C)=O)cc1CN1C(=O)NC(Cc2ccccc2)(c2ccccc2)C1=O. The molecule has 1 atom stereocenters. The van der Waals surface area contributed by atoms with Crippen molar-refractivity contribution in [3.8, 4) is 5.75 Å². The number of hydrogen-bond donors (Lipinski definition) is 1. The third-order valence-electron chi connectivity index (χ3n) is 5.85. The van der Waals surface area contributed by atoms with E-state index in [9.17, 15) is 14.4 Å². The zero-order valence-corrected chi connectivity index (χ0v) is 18.7. The number of benzene rings is 3. The van der Waals surface area contributed by atoms with Gasteiger partial charge >= 0.3 is 6.03 Å². The van der Waals surface area contributed by atoms with Gasteiger partial charge < -0.3 is 10.1 Å². The second-order valence-electron chi connectivity index (χ2n) is 8.07. The smallest absolute Gasteiger partial charge is 0.325 e. The molecule has 0 saturated carbocycles. The van der Waals surface area contributed by atoms with Gasteiger partial charge in [0.25, 0.3) is 5.91 Å². The van der Waals surface area contributed by atoms with E-state index in [1.807, 2.05) is 67.6 Å². The largest absolute Gasteiger partial charge is 0.494 e. The number of amides is 3. The second kappa shape index (κ2) is 9.28. The Hall–Kier alpha value is -3.93. The molecule has 0 bridgehead atoms. The maximum atomic E-state index is 13.9. The third kappa shape index (κ3) is 4.37. The number of urea groups is 1. The number of ketones is 1. The van der Waals surface area contributed by atoms with Crippen molar-refractivity contribution < 1.29 is 19.1 Å². The second-order valence-corrected chi connectivity index (χ2v) is 8.07. The van der Waals surface area contributed by atoms with Gasteiger partial charge in [0, 0.05) is 17.5 Å². The Morgan fingerprint density at radius 3 is 2.27 bits per heavy atom. The number of carbonyl (C=O) groups is 3. The van der Waals surface area contributed by atoms with Gasteiger partial charge in [-0.2, -0.15) is 0 Å². The van der Waals surface area contributed by atoms with Crippen LogP contribution >= 0.6 is 0 Å². The molecule has 4 rings (SSSR count). The number of Topliss-reactive ketones (excluding diaryl/α,β-unsaturated/α-hetero) is 1. The average molecular weight is 443 g/mol. The lowest BCUT2D eigenvalue weighted by atomic mass is 9.83. The summed E-state index contributed by atoms with van der Waals surface area (Å²) in [5, 5.41) is 2.97. The van der Waals surface area contributed by atoms with Crippen LogP contribution in [0.15, 0.2) is 78.9 Å². The average Bonchev–Trinajstić information content (AvgIpc) is 3.06. The van der Waals surface area contributed by atoms with E-state index in [2.05, 4.69) is 5.32 Å². The quantitative estimate of drug-likeness (QED) is 0.412. The molecule has 3 aromatic carbocycles. The molecule has 1 fully saturated rings. The number of rotatable bonds is 8. The van der Waals surface area contributed by atoms with Gasteiger partial charge in [-0.1, -0.05) is 60.7 Å². The third-order valence-corrected chi connectivity index (χ3v) is 5.85. The summed E-state index contributed by atoms with van der Waals surface area (Å²) in [6.07, 6.45) is 0.324. The van der Waals surface area contributed by atoms with Gasteiger partial charge in [0.2, 0.25) is 0 Å². The van der Waals surface area contributed by atoms with Crippen molar-refractivity contribution in [3.05, 3.63) is 101 Å². The van der Waals surface area contributed by atoms with E-state index < -0.39 is 11.6 Å². The lowest BCUT2D eigenvalue weighted by Gasteiger charge is -2.27. The molecule has 0 aliphatic carbocycles. The van der Waals surface area contributed by atoms with Crippen LogP contribution < -0.4 is 10.1 Å². The number of ether oxygens (including phenoxy) is 1. The molecule has 1 aliphatic rings. The van der Waals surface area contributed by atoms with Crippen molar-refractivity contribution in [1.82, 2.24) is 10.2 Å². The molecular formula is C27H26N2O4. The molecule has 6 nitrogen and oxygen atoms in total. The van der Waals surface area contributed by atoms with Gasteiger partial charge in [0.15, 0.2) is 11.3 Å². The minimum atomic E-state index is -1.22. The number of hydrogen-bond acceptors (Lipinski definition) is 4. The molecule has 0 spiro atoms. The number of imide groups is 1. The fourth-order valence-electron chi connectivity index (χ4n) is 4.20. The predicted molar refractivity (Wildman–Crippen MR) is 125 cm³/mol. The van der Waals surface area contributed by atoms with Crippen LogP contribution in [0.3, 0.4) is 0 Å². The monoisotopic (exact) mass is 442 g/mol. The van der Waals surface area contributed by atoms with E-state index in [1.165, 1.54) is 11.8 Å². The fourth-order valence-corrected chi connectivity index (χ4v) is 4.20. The van der Waals surface area contributed by atoms with E-state index in [-0.39, 0.29) is 18.2 Å².